The Labute approximate surface area is 160 Å². The summed E-state index contributed by atoms with van der Waals surface area (Å²) in [5.74, 6) is 0.253. The fourth-order valence-corrected chi connectivity index (χ4v) is 3.39. The number of phenols is 1. The van der Waals surface area contributed by atoms with Crippen LogP contribution in [-0.2, 0) is 16.0 Å². The first-order valence-electron chi connectivity index (χ1n) is 7.02. The summed E-state index contributed by atoms with van der Waals surface area (Å²) in [6.45, 7) is 0. The van der Waals surface area contributed by atoms with Gasteiger partial charge in [-0.15, -0.1) is 0 Å². The van der Waals surface area contributed by atoms with Gasteiger partial charge in [-0.25, -0.2) is 0 Å². The van der Waals surface area contributed by atoms with Gasteiger partial charge in [-0.1, -0.05) is 0 Å². The molecule has 7 nitrogen and oxygen atoms in total. The second-order valence-corrected chi connectivity index (χ2v) is 6.59. The quantitative estimate of drug-likeness (QED) is 0.369. The van der Waals surface area contributed by atoms with E-state index in [1.54, 1.807) is 6.07 Å². The number of hydrogen-bond donors (Lipinski definition) is 1. The molecule has 2 aromatic rings. The minimum absolute atomic E-state index is 0.0495. The number of benzene rings is 2. The summed E-state index contributed by atoms with van der Waals surface area (Å²) in [4.78, 5) is 21.4. The fourth-order valence-electron chi connectivity index (χ4n) is 2.02. The maximum absolute atomic E-state index is 11.2. The van der Waals surface area contributed by atoms with Gasteiger partial charge in [0.15, 0.2) is 5.75 Å². The summed E-state index contributed by atoms with van der Waals surface area (Å²) in [7, 11) is 1.30. The number of rotatable bonds is 6. The van der Waals surface area contributed by atoms with Crippen LogP contribution in [0.25, 0.3) is 0 Å². The lowest BCUT2D eigenvalue weighted by Gasteiger charge is -2.14. The van der Waals surface area contributed by atoms with Crippen molar-refractivity contribution in [3.05, 3.63) is 55.0 Å². The van der Waals surface area contributed by atoms with Gasteiger partial charge in [-0.2, -0.15) is 0 Å². The van der Waals surface area contributed by atoms with Gasteiger partial charge in [0.2, 0.25) is 0 Å². The van der Waals surface area contributed by atoms with Crippen LogP contribution in [0.5, 0.6) is 17.2 Å². The zero-order valence-corrected chi connectivity index (χ0v) is 16.2. The summed E-state index contributed by atoms with van der Waals surface area (Å²) < 4.78 is 11.1. The summed E-state index contributed by atoms with van der Waals surface area (Å²) in [6.07, 6.45) is 0.430. The third-order valence-electron chi connectivity index (χ3n) is 3.32. The molecule has 25 heavy (non-hydrogen) atoms. The lowest BCUT2D eigenvalue weighted by Crippen LogP contribution is -2.02. The third-order valence-corrected chi connectivity index (χ3v) is 4.65. The molecule has 0 amide bonds. The van der Waals surface area contributed by atoms with Gasteiger partial charge in [0, 0.05) is 18.6 Å². The highest BCUT2D eigenvalue weighted by Gasteiger charge is 2.18. The summed E-state index contributed by atoms with van der Waals surface area (Å²) in [5.41, 5.74) is 0.492. The lowest BCUT2D eigenvalue weighted by atomic mass is 10.1. The molecule has 0 heterocycles. The van der Waals surface area contributed by atoms with E-state index in [0.29, 0.717) is 32.4 Å². The van der Waals surface area contributed by atoms with E-state index in [-0.39, 0.29) is 23.8 Å². The number of ether oxygens (including phenoxy) is 2. The molecule has 0 radical (unpaired) electrons. The Balaban J connectivity index is 2.25. The Morgan fingerprint density at radius 2 is 1.92 bits per heavy atom. The van der Waals surface area contributed by atoms with Crippen LogP contribution in [0.1, 0.15) is 12.0 Å². The number of esters is 1. The number of carbonyl (C=O) groups excluding carboxylic acids is 1. The van der Waals surface area contributed by atoms with Crippen molar-refractivity contribution in [3.8, 4) is 17.2 Å². The van der Waals surface area contributed by atoms with Crippen LogP contribution in [0.4, 0.5) is 5.69 Å². The van der Waals surface area contributed by atoms with E-state index < -0.39 is 4.92 Å². The monoisotopic (exact) mass is 473 g/mol. The first-order valence-corrected chi connectivity index (χ1v) is 8.61. The van der Waals surface area contributed by atoms with Crippen LogP contribution >= 0.6 is 31.9 Å². The van der Waals surface area contributed by atoms with Crippen LogP contribution in [0.3, 0.4) is 0 Å². The van der Waals surface area contributed by atoms with E-state index in [9.17, 15) is 20.0 Å². The molecule has 1 N–H and O–H groups in total. The Morgan fingerprint density at radius 3 is 2.48 bits per heavy atom. The molecule has 0 aliphatic heterocycles. The molecule has 0 spiro atoms. The van der Waals surface area contributed by atoms with Crippen LogP contribution in [0, 0.1) is 10.1 Å². The van der Waals surface area contributed by atoms with Crippen LogP contribution in [0.2, 0.25) is 0 Å². The number of methoxy groups -OCH3 is 1. The number of hydrogen-bond acceptors (Lipinski definition) is 6. The fraction of sp³-hybridized carbons (Fsp3) is 0.188. The minimum Gasteiger partial charge on any atom is -0.506 e. The predicted octanol–water partition coefficient (Wildman–Crippen LogP) is 4.72. The summed E-state index contributed by atoms with van der Waals surface area (Å²) >= 11 is 6.63. The molecule has 2 rings (SSSR count). The Bertz CT molecular complexity index is 807. The van der Waals surface area contributed by atoms with Gasteiger partial charge in [-0.3, -0.25) is 14.9 Å². The van der Waals surface area contributed by atoms with E-state index in [2.05, 4.69) is 36.6 Å². The molecule has 0 aliphatic rings. The Morgan fingerprint density at radius 1 is 1.28 bits per heavy atom. The Hall–Kier alpha value is -2.13. The Kier molecular flexibility index (Phi) is 6.38. The first kappa shape index (κ1) is 19.2. The predicted molar refractivity (Wildman–Crippen MR) is 97.0 cm³/mol. The second-order valence-electron chi connectivity index (χ2n) is 4.94. The van der Waals surface area contributed by atoms with Gasteiger partial charge >= 0.3 is 5.97 Å². The zero-order valence-electron chi connectivity index (χ0n) is 13.0. The highest BCUT2D eigenvalue weighted by molar-refractivity contribution is 9.11. The van der Waals surface area contributed by atoms with E-state index >= 15 is 0 Å². The van der Waals surface area contributed by atoms with E-state index in [1.165, 1.54) is 31.4 Å². The number of nitro benzene ring substituents is 1. The van der Waals surface area contributed by atoms with Gasteiger partial charge in [0.05, 0.1) is 16.5 Å². The normalized spacial score (nSPS) is 10.4. The van der Waals surface area contributed by atoms with Gasteiger partial charge in [0.25, 0.3) is 5.69 Å². The standard InChI is InChI=1S/C16H13Br2NO6/c1-24-13(20)7-2-9-8-12(17)16(14(18)15(9)21)25-11-5-3-10(4-6-11)19(22)23/h3-6,8,21H,2,7H2,1H3. The molecular weight excluding hydrogens is 462 g/mol. The van der Waals surface area contributed by atoms with Crippen LogP contribution in [-0.4, -0.2) is 23.1 Å². The molecule has 0 saturated carbocycles. The summed E-state index contributed by atoms with van der Waals surface area (Å²) in [6, 6.07) is 7.20. The number of halogens is 2. The highest BCUT2D eigenvalue weighted by atomic mass is 79.9. The average molecular weight is 475 g/mol. The van der Waals surface area contributed by atoms with E-state index in [4.69, 9.17) is 4.74 Å². The van der Waals surface area contributed by atoms with Gasteiger partial charge < -0.3 is 14.6 Å². The topological polar surface area (TPSA) is 98.9 Å². The van der Waals surface area contributed by atoms with Crippen molar-refractivity contribution in [1.82, 2.24) is 0 Å². The molecule has 9 heteroatoms. The molecule has 0 atom stereocenters. The van der Waals surface area contributed by atoms with Crippen molar-refractivity contribution in [2.45, 2.75) is 12.8 Å². The number of non-ortho nitro benzene ring substituents is 1. The molecule has 132 valence electrons. The SMILES string of the molecule is COC(=O)CCc1cc(Br)c(Oc2ccc([N+](=O)[O-])cc2)c(Br)c1O. The van der Waals surface area contributed by atoms with E-state index in [1.807, 2.05) is 0 Å². The second kappa shape index (κ2) is 8.30. The maximum Gasteiger partial charge on any atom is 0.305 e. The number of carbonyl (C=O) groups is 1. The van der Waals surface area contributed by atoms with Crippen LogP contribution < -0.4 is 4.74 Å². The van der Waals surface area contributed by atoms with Crippen molar-refractivity contribution in [3.63, 3.8) is 0 Å². The third kappa shape index (κ3) is 4.70. The number of aryl methyl sites for hydroxylation is 1. The minimum atomic E-state index is -0.502. The molecule has 0 bridgehead atoms. The average Bonchev–Trinajstić information content (AvgIpc) is 2.60. The first-order chi connectivity index (χ1) is 11.8. The van der Waals surface area contributed by atoms with Gasteiger partial charge in [0.1, 0.15) is 16.0 Å². The zero-order chi connectivity index (χ0) is 18.6. The smallest absolute Gasteiger partial charge is 0.305 e. The molecule has 0 fully saturated rings. The van der Waals surface area contributed by atoms with Crippen molar-refractivity contribution in [1.29, 1.82) is 0 Å². The highest BCUT2D eigenvalue weighted by Crippen LogP contribution is 2.44. The largest absolute Gasteiger partial charge is 0.506 e. The molecule has 0 saturated heterocycles. The number of aromatic hydroxyl groups is 1. The van der Waals surface area contributed by atoms with Crippen molar-refractivity contribution >= 4 is 43.5 Å². The van der Waals surface area contributed by atoms with Crippen molar-refractivity contribution in [2.75, 3.05) is 7.11 Å². The van der Waals surface area contributed by atoms with E-state index in [0.717, 1.165) is 0 Å². The number of phenolic OH excluding ortho intramolecular Hbond substituents is 1. The number of nitro groups is 1. The molecular formula is C16H13Br2NO6. The van der Waals surface area contributed by atoms with Crippen LogP contribution in [0.15, 0.2) is 39.3 Å². The van der Waals surface area contributed by atoms with Crippen molar-refractivity contribution in [2.24, 2.45) is 0 Å². The molecule has 2 aromatic carbocycles. The lowest BCUT2D eigenvalue weighted by molar-refractivity contribution is -0.384. The molecule has 0 unspecified atom stereocenters. The molecule has 0 aromatic heterocycles. The van der Waals surface area contributed by atoms with Gasteiger partial charge in [-0.05, 0) is 62.0 Å². The molecule has 0 aliphatic carbocycles. The van der Waals surface area contributed by atoms with Crippen molar-refractivity contribution < 1.29 is 24.3 Å². The summed E-state index contributed by atoms with van der Waals surface area (Å²) in [5, 5.41) is 21.0. The number of nitrogens with zero attached hydrogens (tertiary/aromatic N) is 1. The maximum atomic E-state index is 11.2.